The second-order valence-electron chi connectivity index (χ2n) is 6.96. The third-order valence-corrected chi connectivity index (χ3v) is 4.98. The molecule has 7 heteroatoms. The molecular formula is C17H27N5O2. The largest absolute Gasteiger partial charge is 0.337 e. The van der Waals surface area contributed by atoms with Crippen LogP contribution in [0.15, 0.2) is 6.07 Å². The SMILES string of the molecule is Cc1cc(C(=O)N2CCC(NC(=O)NC3CCCCC3)CC2)n[nH]1. The molecule has 1 aromatic rings. The molecule has 3 rings (SSSR count). The van der Waals surface area contributed by atoms with E-state index in [0.717, 1.165) is 31.4 Å². The van der Waals surface area contributed by atoms with Crippen LogP contribution in [0.3, 0.4) is 0 Å². The minimum Gasteiger partial charge on any atom is -0.337 e. The summed E-state index contributed by atoms with van der Waals surface area (Å²) in [7, 11) is 0. The molecule has 2 aliphatic rings. The van der Waals surface area contributed by atoms with E-state index >= 15 is 0 Å². The maximum absolute atomic E-state index is 12.3. The number of rotatable bonds is 3. The summed E-state index contributed by atoms with van der Waals surface area (Å²) in [6, 6.07) is 2.17. The van der Waals surface area contributed by atoms with Crippen molar-refractivity contribution in [2.24, 2.45) is 0 Å². The average molecular weight is 333 g/mol. The number of hydrogen-bond acceptors (Lipinski definition) is 3. The molecule has 24 heavy (non-hydrogen) atoms. The molecule has 3 amide bonds. The number of aromatic amines is 1. The number of hydrogen-bond donors (Lipinski definition) is 3. The Morgan fingerprint density at radius 2 is 1.71 bits per heavy atom. The lowest BCUT2D eigenvalue weighted by atomic mass is 9.96. The lowest BCUT2D eigenvalue weighted by Gasteiger charge is -2.32. The Kier molecular flexibility index (Phi) is 5.37. The van der Waals surface area contributed by atoms with Crippen LogP contribution in [-0.4, -0.2) is 52.2 Å². The van der Waals surface area contributed by atoms with E-state index in [9.17, 15) is 9.59 Å². The zero-order valence-corrected chi connectivity index (χ0v) is 14.3. The van der Waals surface area contributed by atoms with Crippen molar-refractivity contribution >= 4 is 11.9 Å². The molecule has 0 atom stereocenters. The lowest BCUT2D eigenvalue weighted by Crippen LogP contribution is -2.51. The van der Waals surface area contributed by atoms with Crippen molar-refractivity contribution < 1.29 is 9.59 Å². The predicted molar refractivity (Wildman–Crippen MR) is 90.8 cm³/mol. The number of aromatic nitrogens is 2. The number of H-pyrrole nitrogens is 1. The highest BCUT2D eigenvalue weighted by molar-refractivity contribution is 5.92. The second kappa shape index (κ2) is 7.68. The van der Waals surface area contributed by atoms with Crippen LogP contribution in [0.1, 0.15) is 61.1 Å². The number of carbonyl (C=O) groups is 2. The Hall–Kier alpha value is -2.05. The van der Waals surface area contributed by atoms with Gasteiger partial charge in [-0.1, -0.05) is 19.3 Å². The summed E-state index contributed by atoms with van der Waals surface area (Å²) in [5.41, 5.74) is 1.35. The molecule has 2 heterocycles. The van der Waals surface area contributed by atoms with Gasteiger partial charge in [-0.25, -0.2) is 4.79 Å². The Morgan fingerprint density at radius 3 is 2.29 bits per heavy atom. The quantitative estimate of drug-likeness (QED) is 0.790. The maximum Gasteiger partial charge on any atom is 0.315 e. The normalized spacial score (nSPS) is 20.0. The molecule has 0 radical (unpaired) electrons. The molecule has 0 bridgehead atoms. The minimum atomic E-state index is -0.0606. The summed E-state index contributed by atoms with van der Waals surface area (Å²) in [6.45, 7) is 3.18. The van der Waals surface area contributed by atoms with Gasteiger partial charge in [0.05, 0.1) is 0 Å². The van der Waals surface area contributed by atoms with Crippen LogP contribution in [-0.2, 0) is 0 Å². The third kappa shape index (κ3) is 4.27. The minimum absolute atomic E-state index is 0.0375. The van der Waals surface area contributed by atoms with Gasteiger partial charge in [0.1, 0.15) is 5.69 Å². The summed E-state index contributed by atoms with van der Waals surface area (Å²) >= 11 is 0. The lowest BCUT2D eigenvalue weighted by molar-refractivity contribution is 0.0702. The molecule has 2 fully saturated rings. The molecule has 7 nitrogen and oxygen atoms in total. The van der Waals surface area contributed by atoms with Crippen LogP contribution in [0.2, 0.25) is 0 Å². The molecule has 1 aliphatic heterocycles. The van der Waals surface area contributed by atoms with E-state index in [1.165, 1.54) is 19.3 Å². The topological polar surface area (TPSA) is 90.1 Å². The zero-order chi connectivity index (χ0) is 16.9. The molecule has 1 aliphatic carbocycles. The highest BCUT2D eigenvalue weighted by Gasteiger charge is 2.26. The summed E-state index contributed by atoms with van der Waals surface area (Å²) in [4.78, 5) is 26.3. The van der Waals surface area contributed by atoms with E-state index in [1.807, 2.05) is 11.8 Å². The summed E-state index contributed by atoms with van der Waals surface area (Å²) in [6.07, 6.45) is 7.44. The van der Waals surface area contributed by atoms with Crippen molar-refractivity contribution in [1.29, 1.82) is 0 Å². The number of aryl methyl sites for hydroxylation is 1. The molecule has 3 N–H and O–H groups in total. The fourth-order valence-corrected chi connectivity index (χ4v) is 3.58. The number of urea groups is 1. The van der Waals surface area contributed by atoms with Crippen LogP contribution in [0.5, 0.6) is 0 Å². The predicted octanol–water partition coefficient (Wildman–Crippen LogP) is 1.95. The Balaban J connectivity index is 1.41. The first-order chi connectivity index (χ1) is 11.6. The number of carbonyl (C=O) groups excluding carboxylic acids is 2. The van der Waals surface area contributed by atoms with Gasteiger partial charge in [0.2, 0.25) is 0 Å². The first kappa shape index (κ1) is 16.8. The average Bonchev–Trinajstić information content (AvgIpc) is 3.02. The van der Waals surface area contributed by atoms with E-state index in [-0.39, 0.29) is 18.0 Å². The van der Waals surface area contributed by atoms with Gasteiger partial charge in [-0.15, -0.1) is 0 Å². The van der Waals surface area contributed by atoms with Crippen molar-refractivity contribution in [3.05, 3.63) is 17.5 Å². The number of amides is 3. The Morgan fingerprint density at radius 1 is 1.08 bits per heavy atom. The summed E-state index contributed by atoms with van der Waals surface area (Å²) in [5.74, 6) is -0.0375. The van der Waals surface area contributed by atoms with Crippen molar-refractivity contribution in [2.75, 3.05) is 13.1 Å². The highest BCUT2D eigenvalue weighted by atomic mass is 16.2. The van der Waals surface area contributed by atoms with E-state index < -0.39 is 0 Å². The van der Waals surface area contributed by atoms with Gasteiger partial charge < -0.3 is 15.5 Å². The molecule has 1 saturated heterocycles. The Labute approximate surface area is 142 Å². The molecule has 0 aromatic carbocycles. The van der Waals surface area contributed by atoms with Crippen LogP contribution < -0.4 is 10.6 Å². The van der Waals surface area contributed by atoms with Crippen LogP contribution in [0.4, 0.5) is 4.79 Å². The van der Waals surface area contributed by atoms with Gasteiger partial charge in [-0.3, -0.25) is 9.89 Å². The standard InChI is InChI=1S/C17H27N5O2/c1-12-11-15(21-20-12)16(23)22-9-7-14(8-10-22)19-17(24)18-13-5-3-2-4-6-13/h11,13-14H,2-10H2,1H3,(H,20,21)(H2,18,19,24). The van der Waals surface area contributed by atoms with E-state index in [0.29, 0.717) is 24.8 Å². The van der Waals surface area contributed by atoms with Crippen molar-refractivity contribution in [2.45, 2.75) is 64.0 Å². The third-order valence-electron chi connectivity index (χ3n) is 4.98. The molecule has 1 saturated carbocycles. The number of piperidine rings is 1. The van der Waals surface area contributed by atoms with Gasteiger partial charge in [-0.05, 0) is 38.7 Å². The van der Waals surface area contributed by atoms with Crippen LogP contribution in [0, 0.1) is 6.92 Å². The zero-order valence-electron chi connectivity index (χ0n) is 14.3. The molecular weight excluding hydrogens is 306 g/mol. The molecule has 132 valence electrons. The van der Waals surface area contributed by atoms with Gasteiger partial charge in [0.25, 0.3) is 5.91 Å². The second-order valence-corrected chi connectivity index (χ2v) is 6.96. The number of likely N-dealkylation sites (tertiary alicyclic amines) is 1. The van der Waals surface area contributed by atoms with E-state index in [2.05, 4.69) is 20.8 Å². The van der Waals surface area contributed by atoms with Crippen molar-refractivity contribution in [1.82, 2.24) is 25.7 Å². The van der Waals surface area contributed by atoms with Gasteiger partial charge in [-0.2, -0.15) is 5.10 Å². The van der Waals surface area contributed by atoms with Crippen molar-refractivity contribution in [3.63, 3.8) is 0 Å². The Bertz CT molecular complexity index is 571. The smallest absolute Gasteiger partial charge is 0.315 e. The van der Waals surface area contributed by atoms with Crippen molar-refractivity contribution in [3.8, 4) is 0 Å². The maximum atomic E-state index is 12.3. The number of nitrogens with one attached hydrogen (secondary N) is 3. The summed E-state index contributed by atoms with van der Waals surface area (Å²) < 4.78 is 0. The summed E-state index contributed by atoms with van der Waals surface area (Å²) in [5, 5.41) is 13.0. The van der Waals surface area contributed by atoms with Crippen LogP contribution in [0.25, 0.3) is 0 Å². The molecule has 0 unspecified atom stereocenters. The van der Waals surface area contributed by atoms with Gasteiger partial charge >= 0.3 is 6.03 Å². The first-order valence-electron chi connectivity index (χ1n) is 9.00. The monoisotopic (exact) mass is 333 g/mol. The van der Waals surface area contributed by atoms with E-state index in [4.69, 9.17) is 0 Å². The van der Waals surface area contributed by atoms with E-state index in [1.54, 1.807) is 6.07 Å². The van der Waals surface area contributed by atoms with Crippen LogP contribution >= 0.6 is 0 Å². The van der Waals surface area contributed by atoms with Gasteiger partial charge in [0.15, 0.2) is 0 Å². The molecule has 1 aromatic heterocycles. The highest BCUT2D eigenvalue weighted by Crippen LogP contribution is 2.17. The fourth-order valence-electron chi connectivity index (χ4n) is 3.58. The van der Waals surface area contributed by atoms with Gasteiger partial charge in [0, 0.05) is 30.9 Å². The first-order valence-corrected chi connectivity index (χ1v) is 9.00. The fraction of sp³-hybridized carbons (Fsp3) is 0.706. The molecule has 0 spiro atoms. The number of nitrogens with zero attached hydrogens (tertiary/aromatic N) is 2.